The molecule has 8 heteroatoms. The average molecular weight is 367 g/mol. The fourth-order valence-corrected chi connectivity index (χ4v) is 3.30. The summed E-state index contributed by atoms with van der Waals surface area (Å²) in [6.07, 6.45) is 5.23. The van der Waals surface area contributed by atoms with Crippen molar-refractivity contribution in [1.29, 1.82) is 0 Å². The molecule has 0 spiro atoms. The first-order chi connectivity index (χ1) is 13.2. The smallest absolute Gasteiger partial charge is 0.255 e. The van der Waals surface area contributed by atoms with E-state index in [0.29, 0.717) is 30.2 Å². The van der Waals surface area contributed by atoms with Crippen LogP contribution in [-0.4, -0.2) is 52.5 Å². The van der Waals surface area contributed by atoms with Crippen molar-refractivity contribution in [3.05, 3.63) is 47.9 Å². The fraction of sp³-hybridized carbons (Fsp3) is 0.368. The molecule has 0 aromatic carbocycles. The van der Waals surface area contributed by atoms with Crippen LogP contribution >= 0.6 is 0 Å². The van der Waals surface area contributed by atoms with Crippen molar-refractivity contribution in [2.45, 2.75) is 25.5 Å². The van der Waals surface area contributed by atoms with Crippen LogP contribution in [0.1, 0.15) is 28.9 Å². The second kappa shape index (κ2) is 7.71. The van der Waals surface area contributed by atoms with Crippen molar-refractivity contribution in [3.8, 4) is 0 Å². The number of rotatable bonds is 5. The second-order valence-electron chi connectivity index (χ2n) is 6.66. The fourth-order valence-electron chi connectivity index (χ4n) is 3.30. The largest absolute Gasteiger partial charge is 0.376 e. The molecular weight excluding hydrogens is 346 g/mol. The molecule has 0 bridgehead atoms. The van der Waals surface area contributed by atoms with Gasteiger partial charge in [-0.3, -0.25) is 14.6 Å². The third-order valence-electron chi connectivity index (χ3n) is 4.64. The zero-order valence-corrected chi connectivity index (χ0v) is 14.9. The van der Waals surface area contributed by atoms with Crippen LogP contribution in [0.25, 0.3) is 0 Å². The Morgan fingerprint density at radius 3 is 3.04 bits per heavy atom. The number of pyridine rings is 2. The molecule has 1 unspecified atom stereocenters. The minimum absolute atomic E-state index is 0.0321. The Labute approximate surface area is 156 Å². The molecule has 2 aromatic heterocycles. The molecule has 27 heavy (non-hydrogen) atoms. The van der Waals surface area contributed by atoms with E-state index in [1.54, 1.807) is 17.2 Å². The van der Waals surface area contributed by atoms with Crippen molar-refractivity contribution in [3.63, 3.8) is 0 Å². The van der Waals surface area contributed by atoms with E-state index in [9.17, 15) is 9.59 Å². The average Bonchev–Trinajstić information content (AvgIpc) is 3.20. The van der Waals surface area contributed by atoms with Gasteiger partial charge in [-0.2, -0.15) is 0 Å². The Morgan fingerprint density at radius 2 is 2.26 bits per heavy atom. The summed E-state index contributed by atoms with van der Waals surface area (Å²) in [5.41, 5.74) is 1.75. The summed E-state index contributed by atoms with van der Waals surface area (Å²) < 4.78 is 5.71. The molecule has 4 heterocycles. The van der Waals surface area contributed by atoms with Crippen molar-refractivity contribution >= 4 is 23.3 Å². The van der Waals surface area contributed by atoms with Gasteiger partial charge in [-0.1, -0.05) is 6.07 Å². The van der Waals surface area contributed by atoms with E-state index in [2.05, 4.69) is 20.6 Å². The molecule has 2 aliphatic heterocycles. The summed E-state index contributed by atoms with van der Waals surface area (Å²) in [5.74, 6) is 0.256. The maximum absolute atomic E-state index is 13.2. The van der Waals surface area contributed by atoms with Crippen LogP contribution in [0.2, 0.25) is 0 Å². The molecule has 0 radical (unpaired) electrons. The Bertz CT molecular complexity index is 836. The summed E-state index contributed by atoms with van der Waals surface area (Å²) in [6.45, 7) is 1.80. The van der Waals surface area contributed by atoms with E-state index in [1.807, 2.05) is 18.2 Å². The Hall–Kier alpha value is -3.00. The number of carbonyl (C=O) groups excluding carboxylic acids is 2. The van der Waals surface area contributed by atoms with Gasteiger partial charge >= 0.3 is 0 Å². The number of fused-ring (bicyclic) bond motifs is 1. The lowest BCUT2D eigenvalue weighted by Crippen LogP contribution is -2.37. The van der Waals surface area contributed by atoms with Crippen molar-refractivity contribution < 1.29 is 14.3 Å². The van der Waals surface area contributed by atoms with E-state index in [0.717, 1.165) is 25.1 Å². The molecule has 0 saturated carbocycles. The number of carbonyl (C=O) groups is 2. The van der Waals surface area contributed by atoms with E-state index in [1.165, 1.54) is 6.20 Å². The van der Waals surface area contributed by atoms with Crippen LogP contribution in [0.4, 0.5) is 11.5 Å². The molecule has 2 N–H and O–H groups in total. The third kappa shape index (κ3) is 4.06. The predicted octanol–water partition coefficient (Wildman–Crippen LogP) is 1.66. The molecule has 0 aliphatic carbocycles. The molecular formula is C19H21N5O3. The van der Waals surface area contributed by atoms with Crippen molar-refractivity contribution in [2.24, 2.45) is 0 Å². The quantitative estimate of drug-likeness (QED) is 0.834. The number of aromatic nitrogens is 2. The lowest BCUT2D eigenvalue weighted by atomic mass is 10.1. The zero-order valence-electron chi connectivity index (χ0n) is 14.9. The molecule has 140 valence electrons. The summed E-state index contributed by atoms with van der Waals surface area (Å²) in [6, 6.07) is 7.30. The van der Waals surface area contributed by atoms with Gasteiger partial charge in [0.2, 0.25) is 5.91 Å². The van der Waals surface area contributed by atoms with Gasteiger partial charge in [0.25, 0.3) is 5.91 Å². The highest BCUT2D eigenvalue weighted by atomic mass is 16.5. The topological polar surface area (TPSA) is 96.5 Å². The highest BCUT2D eigenvalue weighted by Gasteiger charge is 2.25. The minimum Gasteiger partial charge on any atom is -0.376 e. The van der Waals surface area contributed by atoms with Crippen LogP contribution in [0.15, 0.2) is 36.7 Å². The number of nitrogens with zero attached hydrogens (tertiary/aromatic N) is 3. The van der Waals surface area contributed by atoms with Gasteiger partial charge in [-0.15, -0.1) is 0 Å². The number of hydrogen-bond acceptors (Lipinski definition) is 6. The third-order valence-corrected chi connectivity index (χ3v) is 4.64. The summed E-state index contributed by atoms with van der Waals surface area (Å²) in [4.78, 5) is 35.1. The summed E-state index contributed by atoms with van der Waals surface area (Å²) >= 11 is 0. The minimum atomic E-state index is -0.161. The van der Waals surface area contributed by atoms with E-state index < -0.39 is 0 Å². The molecule has 8 nitrogen and oxygen atoms in total. The lowest BCUT2D eigenvalue weighted by Gasteiger charge is -2.26. The van der Waals surface area contributed by atoms with E-state index in [4.69, 9.17) is 4.74 Å². The van der Waals surface area contributed by atoms with Crippen LogP contribution < -0.4 is 10.6 Å². The number of hydrogen-bond donors (Lipinski definition) is 2. The van der Waals surface area contributed by atoms with Gasteiger partial charge in [0.05, 0.1) is 36.1 Å². The van der Waals surface area contributed by atoms with Gasteiger partial charge in [-0.05, 0) is 31.0 Å². The van der Waals surface area contributed by atoms with Gasteiger partial charge in [0.15, 0.2) is 0 Å². The highest BCUT2D eigenvalue weighted by Crippen LogP contribution is 2.24. The van der Waals surface area contributed by atoms with Crippen molar-refractivity contribution in [1.82, 2.24) is 14.9 Å². The van der Waals surface area contributed by atoms with Crippen LogP contribution in [0, 0.1) is 0 Å². The summed E-state index contributed by atoms with van der Waals surface area (Å²) in [5, 5.41) is 5.67. The SMILES string of the molecule is O=C1CNc2ncc(C(=O)N(Cc3ccccn3)CC3CCCO3)cc2N1. The lowest BCUT2D eigenvalue weighted by molar-refractivity contribution is -0.114. The zero-order chi connectivity index (χ0) is 18.6. The number of amides is 2. The first-order valence-electron chi connectivity index (χ1n) is 9.03. The first kappa shape index (κ1) is 17.4. The van der Waals surface area contributed by atoms with Crippen LogP contribution in [0.5, 0.6) is 0 Å². The monoisotopic (exact) mass is 367 g/mol. The van der Waals surface area contributed by atoms with E-state index in [-0.39, 0.29) is 24.5 Å². The van der Waals surface area contributed by atoms with Crippen molar-refractivity contribution in [2.75, 3.05) is 30.3 Å². The normalized spacial score (nSPS) is 18.4. The number of anilines is 2. The van der Waals surface area contributed by atoms with Crippen LogP contribution in [-0.2, 0) is 16.1 Å². The molecule has 1 saturated heterocycles. The van der Waals surface area contributed by atoms with Gasteiger partial charge in [0, 0.05) is 25.5 Å². The predicted molar refractivity (Wildman–Crippen MR) is 99.3 cm³/mol. The number of ether oxygens (including phenoxy) is 1. The Kier molecular flexibility index (Phi) is 4.97. The Morgan fingerprint density at radius 1 is 1.33 bits per heavy atom. The van der Waals surface area contributed by atoms with Crippen LogP contribution in [0.3, 0.4) is 0 Å². The highest BCUT2D eigenvalue weighted by molar-refractivity contribution is 6.02. The molecule has 1 atom stereocenters. The molecule has 2 aliphatic rings. The Balaban J connectivity index is 1.57. The summed E-state index contributed by atoms with van der Waals surface area (Å²) in [7, 11) is 0. The van der Waals surface area contributed by atoms with E-state index >= 15 is 0 Å². The molecule has 2 amide bonds. The second-order valence-corrected chi connectivity index (χ2v) is 6.66. The first-order valence-corrected chi connectivity index (χ1v) is 9.03. The standard InChI is InChI=1S/C19H21N5O3/c25-17-10-22-18-16(23-17)8-13(9-21-18)19(26)24(12-15-5-3-7-27-15)11-14-4-1-2-6-20-14/h1-2,4,6,8-9,15H,3,5,7,10-12H2,(H,21,22)(H,23,25). The van der Waals surface area contributed by atoms with Gasteiger partial charge < -0.3 is 20.3 Å². The molecule has 2 aromatic rings. The number of nitrogens with one attached hydrogen (secondary N) is 2. The maximum Gasteiger partial charge on any atom is 0.255 e. The maximum atomic E-state index is 13.2. The molecule has 1 fully saturated rings. The van der Waals surface area contributed by atoms with Gasteiger partial charge in [-0.25, -0.2) is 4.98 Å². The molecule has 4 rings (SSSR count). The van der Waals surface area contributed by atoms with Gasteiger partial charge in [0.1, 0.15) is 5.82 Å².